The zero-order valence-electron chi connectivity index (χ0n) is 17.4. The molecule has 0 radical (unpaired) electrons. The van der Waals surface area contributed by atoms with Gasteiger partial charge in [0.25, 0.3) is 0 Å². The number of nitrogens with zero attached hydrogens (tertiary/aromatic N) is 4. The summed E-state index contributed by atoms with van der Waals surface area (Å²) >= 11 is 0. The van der Waals surface area contributed by atoms with Gasteiger partial charge in [-0.3, -0.25) is 4.79 Å². The molecule has 1 saturated heterocycles. The third-order valence-electron chi connectivity index (χ3n) is 5.96. The van der Waals surface area contributed by atoms with E-state index in [2.05, 4.69) is 35.1 Å². The Morgan fingerprint density at radius 1 is 1.29 bits per heavy atom. The first kappa shape index (κ1) is 19.3. The molecule has 3 aromatic heterocycles. The predicted molar refractivity (Wildman–Crippen MR) is 118 cm³/mol. The number of hydrogen-bond acceptors (Lipinski definition) is 6. The van der Waals surface area contributed by atoms with Crippen molar-refractivity contribution >= 4 is 33.8 Å². The second kappa shape index (κ2) is 8.25. The fraction of sp³-hybridized carbons (Fsp3) is 0.364. The van der Waals surface area contributed by atoms with E-state index in [1.807, 2.05) is 24.4 Å². The number of aromatic nitrogens is 5. The second-order valence-corrected chi connectivity index (χ2v) is 7.85. The standard InChI is InChI=1S/C22H25N7O2/c1-31-16-4-5-18-17(9-16)14(10-24-18)6-7-23-22(30)15-3-2-8-29(11-15)21-19-20(26-12-25-19)27-13-28-21/h4-5,9-10,12-13,15,24H,2-3,6-8,11H2,1H3,(H,23,30)(H,25,26,27,28)/t15-/m0/s1. The van der Waals surface area contributed by atoms with Gasteiger partial charge in [-0.2, -0.15) is 0 Å². The first-order valence-electron chi connectivity index (χ1n) is 10.5. The van der Waals surface area contributed by atoms with Crippen LogP contribution in [0.5, 0.6) is 5.75 Å². The smallest absolute Gasteiger partial charge is 0.224 e. The molecule has 4 aromatic rings. The van der Waals surface area contributed by atoms with Crippen molar-refractivity contribution < 1.29 is 9.53 Å². The number of ether oxygens (including phenoxy) is 1. The molecular formula is C22H25N7O2. The van der Waals surface area contributed by atoms with Gasteiger partial charge >= 0.3 is 0 Å². The summed E-state index contributed by atoms with van der Waals surface area (Å²) in [5.74, 6) is 1.67. The van der Waals surface area contributed by atoms with Crippen LogP contribution in [0, 0.1) is 5.92 Å². The molecular weight excluding hydrogens is 394 g/mol. The average Bonchev–Trinajstić information content (AvgIpc) is 3.45. The van der Waals surface area contributed by atoms with E-state index in [-0.39, 0.29) is 11.8 Å². The molecule has 9 heteroatoms. The van der Waals surface area contributed by atoms with E-state index in [9.17, 15) is 4.79 Å². The summed E-state index contributed by atoms with van der Waals surface area (Å²) in [6.45, 7) is 2.10. The van der Waals surface area contributed by atoms with Crippen LogP contribution < -0.4 is 15.0 Å². The summed E-state index contributed by atoms with van der Waals surface area (Å²) in [7, 11) is 1.67. The quantitative estimate of drug-likeness (QED) is 0.443. The van der Waals surface area contributed by atoms with Crippen LogP contribution in [0.1, 0.15) is 18.4 Å². The van der Waals surface area contributed by atoms with Crippen LogP contribution in [-0.4, -0.2) is 57.6 Å². The van der Waals surface area contributed by atoms with Crippen LogP contribution in [0.2, 0.25) is 0 Å². The largest absolute Gasteiger partial charge is 0.497 e. The summed E-state index contributed by atoms with van der Waals surface area (Å²) in [5.41, 5.74) is 3.70. The fourth-order valence-electron chi connectivity index (χ4n) is 4.33. The van der Waals surface area contributed by atoms with Crippen LogP contribution in [0.25, 0.3) is 22.1 Å². The lowest BCUT2D eigenvalue weighted by Gasteiger charge is -2.32. The lowest BCUT2D eigenvalue weighted by atomic mass is 9.97. The van der Waals surface area contributed by atoms with Crippen molar-refractivity contribution in [3.63, 3.8) is 0 Å². The maximum absolute atomic E-state index is 12.9. The molecule has 0 saturated carbocycles. The molecule has 1 amide bonds. The van der Waals surface area contributed by atoms with E-state index in [0.29, 0.717) is 18.7 Å². The highest BCUT2D eigenvalue weighted by Crippen LogP contribution is 2.26. The van der Waals surface area contributed by atoms with Crippen LogP contribution in [-0.2, 0) is 11.2 Å². The molecule has 31 heavy (non-hydrogen) atoms. The van der Waals surface area contributed by atoms with Crippen molar-refractivity contribution in [2.75, 3.05) is 31.6 Å². The third-order valence-corrected chi connectivity index (χ3v) is 5.96. The maximum atomic E-state index is 12.9. The summed E-state index contributed by atoms with van der Waals surface area (Å²) in [6.07, 6.45) is 7.73. The summed E-state index contributed by atoms with van der Waals surface area (Å²) in [4.78, 5) is 34.2. The van der Waals surface area contributed by atoms with Gasteiger partial charge < -0.3 is 24.9 Å². The lowest BCUT2D eigenvalue weighted by molar-refractivity contribution is -0.125. The van der Waals surface area contributed by atoms with Gasteiger partial charge in [-0.05, 0) is 43.0 Å². The van der Waals surface area contributed by atoms with Gasteiger partial charge in [0.15, 0.2) is 11.5 Å². The molecule has 3 N–H and O–H groups in total. The molecule has 1 atom stereocenters. The molecule has 9 nitrogen and oxygen atoms in total. The number of carbonyl (C=O) groups excluding carboxylic acids is 1. The normalized spacial score (nSPS) is 16.7. The number of benzene rings is 1. The number of nitrogens with one attached hydrogen (secondary N) is 3. The van der Waals surface area contributed by atoms with Gasteiger partial charge in [0.2, 0.25) is 5.91 Å². The predicted octanol–water partition coefficient (Wildman–Crippen LogP) is 2.42. The molecule has 4 heterocycles. The van der Waals surface area contributed by atoms with Crippen molar-refractivity contribution in [3.8, 4) is 5.75 Å². The number of rotatable bonds is 6. The first-order chi connectivity index (χ1) is 15.2. The maximum Gasteiger partial charge on any atom is 0.224 e. The molecule has 1 aliphatic heterocycles. The number of methoxy groups -OCH3 is 1. The van der Waals surface area contributed by atoms with Gasteiger partial charge in [-0.1, -0.05) is 0 Å². The number of hydrogen-bond donors (Lipinski definition) is 3. The Kier molecular flexibility index (Phi) is 5.15. The second-order valence-electron chi connectivity index (χ2n) is 7.85. The molecule has 0 aliphatic carbocycles. The number of piperidine rings is 1. The Morgan fingerprint density at radius 3 is 3.13 bits per heavy atom. The number of amides is 1. The Morgan fingerprint density at radius 2 is 2.23 bits per heavy atom. The van der Waals surface area contributed by atoms with E-state index >= 15 is 0 Å². The van der Waals surface area contributed by atoms with Crippen molar-refractivity contribution in [1.29, 1.82) is 0 Å². The first-order valence-corrected chi connectivity index (χ1v) is 10.5. The highest BCUT2D eigenvalue weighted by Gasteiger charge is 2.27. The van der Waals surface area contributed by atoms with E-state index < -0.39 is 0 Å². The summed E-state index contributed by atoms with van der Waals surface area (Å²) < 4.78 is 5.33. The van der Waals surface area contributed by atoms with Gasteiger partial charge in [-0.15, -0.1) is 0 Å². The zero-order valence-corrected chi connectivity index (χ0v) is 17.4. The monoisotopic (exact) mass is 419 g/mol. The van der Waals surface area contributed by atoms with Gasteiger partial charge in [-0.25, -0.2) is 15.0 Å². The molecule has 1 aromatic carbocycles. The van der Waals surface area contributed by atoms with Crippen LogP contribution in [0.3, 0.4) is 0 Å². The van der Waals surface area contributed by atoms with Crippen molar-refractivity contribution in [1.82, 2.24) is 30.2 Å². The highest BCUT2D eigenvalue weighted by molar-refractivity contribution is 5.85. The summed E-state index contributed by atoms with van der Waals surface area (Å²) in [6, 6.07) is 5.98. The molecule has 0 unspecified atom stereocenters. The number of anilines is 1. The van der Waals surface area contributed by atoms with Crippen molar-refractivity contribution in [2.24, 2.45) is 5.92 Å². The van der Waals surface area contributed by atoms with Crippen LogP contribution in [0.15, 0.2) is 37.1 Å². The number of aromatic amines is 2. The van der Waals surface area contributed by atoms with Crippen molar-refractivity contribution in [2.45, 2.75) is 19.3 Å². The zero-order chi connectivity index (χ0) is 21.2. The van der Waals surface area contributed by atoms with Gasteiger partial charge in [0.1, 0.15) is 17.6 Å². The topological polar surface area (TPSA) is 112 Å². The van der Waals surface area contributed by atoms with Crippen LogP contribution >= 0.6 is 0 Å². The lowest BCUT2D eigenvalue weighted by Crippen LogP contribution is -2.43. The Labute approximate surface area is 179 Å². The molecule has 160 valence electrons. The highest BCUT2D eigenvalue weighted by atomic mass is 16.5. The molecule has 1 fully saturated rings. The van der Waals surface area contributed by atoms with Gasteiger partial charge in [0, 0.05) is 36.7 Å². The molecule has 5 rings (SSSR count). The number of carbonyl (C=O) groups is 1. The SMILES string of the molecule is COc1ccc2[nH]cc(CCNC(=O)[C@H]3CCCN(c4ncnc5nc[nH]c45)C3)c2c1. The van der Waals surface area contributed by atoms with Gasteiger partial charge in [0.05, 0.1) is 19.4 Å². The fourth-order valence-corrected chi connectivity index (χ4v) is 4.33. The third kappa shape index (κ3) is 3.78. The Bertz CT molecular complexity index is 1220. The molecule has 0 spiro atoms. The van der Waals surface area contributed by atoms with Crippen molar-refractivity contribution in [3.05, 3.63) is 42.6 Å². The Balaban J connectivity index is 1.21. The minimum atomic E-state index is -0.0650. The minimum Gasteiger partial charge on any atom is -0.497 e. The van der Waals surface area contributed by atoms with E-state index in [4.69, 9.17) is 4.74 Å². The van der Waals surface area contributed by atoms with E-state index in [0.717, 1.165) is 53.8 Å². The average molecular weight is 419 g/mol. The molecule has 1 aliphatic rings. The Hall–Kier alpha value is -3.62. The summed E-state index contributed by atoms with van der Waals surface area (Å²) in [5, 5.41) is 4.25. The number of H-pyrrole nitrogens is 2. The molecule has 0 bridgehead atoms. The minimum absolute atomic E-state index is 0.0650. The van der Waals surface area contributed by atoms with E-state index in [1.165, 1.54) is 11.9 Å². The van der Waals surface area contributed by atoms with E-state index in [1.54, 1.807) is 13.4 Å². The number of fused-ring (bicyclic) bond motifs is 2. The van der Waals surface area contributed by atoms with Crippen LogP contribution in [0.4, 0.5) is 5.82 Å². The number of imidazole rings is 1.